The predicted molar refractivity (Wildman–Crippen MR) is 83.3 cm³/mol. The fraction of sp³-hybridized carbons (Fsp3) is 0.600. The SMILES string of the molecule is CSCCN(C)CC(O)COc1cc(C)ccc1C. The zero-order valence-corrected chi connectivity index (χ0v) is 13.2. The van der Waals surface area contributed by atoms with Gasteiger partial charge in [0.1, 0.15) is 18.5 Å². The number of nitrogens with zero attached hydrogens (tertiary/aromatic N) is 1. The molecule has 1 N–H and O–H groups in total. The van der Waals surface area contributed by atoms with Crippen LogP contribution >= 0.6 is 11.8 Å². The van der Waals surface area contributed by atoms with Crippen molar-refractivity contribution in [2.45, 2.75) is 20.0 Å². The highest BCUT2D eigenvalue weighted by atomic mass is 32.2. The molecule has 1 atom stereocenters. The minimum atomic E-state index is -0.452. The van der Waals surface area contributed by atoms with Gasteiger partial charge in [0.05, 0.1) is 0 Å². The van der Waals surface area contributed by atoms with Crippen LogP contribution in [0.4, 0.5) is 0 Å². The van der Waals surface area contributed by atoms with Crippen LogP contribution in [-0.2, 0) is 0 Å². The molecule has 3 nitrogen and oxygen atoms in total. The first kappa shape index (κ1) is 16.3. The molecule has 0 heterocycles. The molecule has 0 radical (unpaired) electrons. The van der Waals surface area contributed by atoms with E-state index in [-0.39, 0.29) is 0 Å². The minimum absolute atomic E-state index is 0.341. The van der Waals surface area contributed by atoms with Gasteiger partial charge >= 0.3 is 0 Å². The van der Waals surface area contributed by atoms with Crippen molar-refractivity contribution in [3.05, 3.63) is 29.3 Å². The van der Waals surface area contributed by atoms with Gasteiger partial charge in [0.2, 0.25) is 0 Å². The zero-order valence-electron chi connectivity index (χ0n) is 12.3. The van der Waals surface area contributed by atoms with Gasteiger partial charge in [-0.1, -0.05) is 12.1 Å². The molecule has 19 heavy (non-hydrogen) atoms. The lowest BCUT2D eigenvalue weighted by molar-refractivity contribution is 0.0779. The molecule has 0 saturated heterocycles. The predicted octanol–water partition coefficient (Wildman–Crippen LogP) is 2.34. The highest BCUT2D eigenvalue weighted by Crippen LogP contribution is 2.19. The van der Waals surface area contributed by atoms with Gasteiger partial charge in [0, 0.05) is 18.8 Å². The number of ether oxygens (including phenoxy) is 1. The number of aliphatic hydroxyl groups excluding tert-OH is 1. The summed E-state index contributed by atoms with van der Waals surface area (Å²) in [6, 6.07) is 6.12. The molecular formula is C15H25NO2S. The van der Waals surface area contributed by atoms with E-state index in [0.29, 0.717) is 13.2 Å². The van der Waals surface area contributed by atoms with Crippen molar-refractivity contribution in [2.24, 2.45) is 0 Å². The first-order valence-electron chi connectivity index (χ1n) is 6.58. The van der Waals surface area contributed by atoms with Crippen LogP contribution in [0, 0.1) is 13.8 Å². The number of rotatable bonds is 8. The second-order valence-electron chi connectivity index (χ2n) is 4.99. The summed E-state index contributed by atoms with van der Waals surface area (Å²) < 4.78 is 5.70. The fourth-order valence-electron chi connectivity index (χ4n) is 1.80. The zero-order chi connectivity index (χ0) is 14.3. The summed E-state index contributed by atoms with van der Waals surface area (Å²) in [5.41, 5.74) is 2.28. The van der Waals surface area contributed by atoms with E-state index in [0.717, 1.165) is 23.6 Å². The third-order valence-corrected chi connectivity index (χ3v) is 3.57. The summed E-state index contributed by atoms with van der Waals surface area (Å²) in [5, 5.41) is 9.97. The normalized spacial score (nSPS) is 12.7. The van der Waals surface area contributed by atoms with Gasteiger partial charge in [-0.05, 0) is 44.3 Å². The number of likely N-dealkylation sites (N-methyl/N-ethyl adjacent to an activating group) is 1. The molecule has 4 heteroatoms. The van der Waals surface area contributed by atoms with Crippen LogP contribution in [0.1, 0.15) is 11.1 Å². The number of hydrogen-bond acceptors (Lipinski definition) is 4. The number of benzene rings is 1. The van der Waals surface area contributed by atoms with Crippen molar-refractivity contribution in [1.29, 1.82) is 0 Å². The van der Waals surface area contributed by atoms with Gasteiger partial charge < -0.3 is 14.7 Å². The lowest BCUT2D eigenvalue weighted by Crippen LogP contribution is -2.34. The second-order valence-corrected chi connectivity index (χ2v) is 5.97. The second kappa shape index (κ2) is 8.46. The lowest BCUT2D eigenvalue weighted by Gasteiger charge is -2.20. The van der Waals surface area contributed by atoms with Crippen molar-refractivity contribution in [2.75, 3.05) is 38.8 Å². The maximum absolute atomic E-state index is 9.97. The summed E-state index contributed by atoms with van der Waals surface area (Å²) in [7, 11) is 2.03. The standard InChI is InChI=1S/C15H25NO2S/c1-12-5-6-13(2)15(9-12)18-11-14(17)10-16(3)7-8-19-4/h5-6,9,14,17H,7-8,10-11H2,1-4H3. The Bertz CT molecular complexity index is 384. The molecule has 0 aliphatic rings. The molecule has 0 fully saturated rings. The van der Waals surface area contributed by atoms with Crippen LogP contribution < -0.4 is 4.74 Å². The van der Waals surface area contributed by atoms with E-state index in [1.165, 1.54) is 5.56 Å². The molecule has 1 rings (SSSR count). The van der Waals surface area contributed by atoms with Crippen LogP contribution in [0.25, 0.3) is 0 Å². The van der Waals surface area contributed by atoms with E-state index < -0.39 is 6.10 Å². The summed E-state index contributed by atoms with van der Waals surface area (Å²) in [6.45, 7) is 6.03. The molecule has 0 aliphatic carbocycles. The molecule has 1 unspecified atom stereocenters. The van der Waals surface area contributed by atoms with Crippen molar-refractivity contribution in [3.63, 3.8) is 0 Å². The summed E-state index contributed by atoms with van der Waals surface area (Å²) in [6.07, 6.45) is 1.64. The number of aryl methyl sites for hydroxylation is 2. The molecule has 0 spiro atoms. The van der Waals surface area contributed by atoms with Crippen LogP contribution in [0.3, 0.4) is 0 Å². The largest absolute Gasteiger partial charge is 0.491 e. The smallest absolute Gasteiger partial charge is 0.122 e. The van der Waals surface area contributed by atoms with Crippen LogP contribution in [-0.4, -0.2) is 54.9 Å². The average molecular weight is 283 g/mol. The Kier molecular flexibility index (Phi) is 7.28. The van der Waals surface area contributed by atoms with E-state index in [4.69, 9.17) is 4.74 Å². The van der Waals surface area contributed by atoms with Crippen LogP contribution in [0.5, 0.6) is 5.75 Å². The highest BCUT2D eigenvalue weighted by Gasteiger charge is 2.09. The molecular weight excluding hydrogens is 258 g/mol. The molecule has 1 aromatic rings. The van der Waals surface area contributed by atoms with Crippen molar-refractivity contribution in [3.8, 4) is 5.75 Å². The van der Waals surface area contributed by atoms with Gasteiger partial charge in [-0.3, -0.25) is 0 Å². The third kappa shape index (κ3) is 6.32. The molecule has 0 amide bonds. The molecule has 0 aliphatic heterocycles. The Labute approximate surface area is 121 Å². The number of hydrogen-bond donors (Lipinski definition) is 1. The average Bonchev–Trinajstić information content (AvgIpc) is 2.37. The van der Waals surface area contributed by atoms with E-state index >= 15 is 0 Å². The quantitative estimate of drug-likeness (QED) is 0.794. The summed E-state index contributed by atoms with van der Waals surface area (Å²) >= 11 is 1.82. The van der Waals surface area contributed by atoms with E-state index in [1.54, 1.807) is 0 Å². The van der Waals surface area contributed by atoms with Crippen molar-refractivity contribution in [1.82, 2.24) is 4.90 Å². The Balaban J connectivity index is 2.37. The Morgan fingerprint density at radius 3 is 2.79 bits per heavy atom. The highest BCUT2D eigenvalue weighted by molar-refractivity contribution is 7.98. The van der Waals surface area contributed by atoms with Gasteiger partial charge in [0.15, 0.2) is 0 Å². The first-order chi connectivity index (χ1) is 9.02. The minimum Gasteiger partial charge on any atom is -0.491 e. The van der Waals surface area contributed by atoms with E-state index in [9.17, 15) is 5.11 Å². The third-order valence-electron chi connectivity index (χ3n) is 2.97. The van der Waals surface area contributed by atoms with Crippen molar-refractivity contribution >= 4 is 11.8 Å². The number of aliphatic hydroxyl groups is 1. The Morgan fingerprint density at radius 2 is 2.11 bits per heavy atom. The van der Waals surface area contributed by atoms with Gasteiger partial charge in [-0.2, -0.15) is 11.8 Å². The Morgan fingerprint density at radius 1 is 1.37 bits per heavy atom. The maximum atomic E-state index is 9.97. The number of thioether (sulfide) groups is 1. The van der Waals surface area contributed by atoms with Gasteiger partial charge in [-0.15, -0.1) is 0 Å². The van der Waals surface area contributed by atoms with Gasteiger partial charge in [-0.25, -0.2) is 0 Å². The molecule has 0 bridgehead atoms. The molecule has 0 aromatic heterocycles. The summed E-state index contributed by atoms with van der Waals surface area (Å²) in [5.74, 6) is 1.95. The van der Waals surface area contributed by atoms with Crippen LogP contribution in [0.2, 0.25) is 0 Å². The molecule has 108 valence electrons. The fourth-order valence-corrected chi connectivity index (χ4v) is 2.29. The van der Waals surface area contributed by atoms with Crippen molar-refractivity contribution < 1.29 is 9.84 Å². The van der Waals surface area contributed by atoms with Gasteiger partial charge in [0.25, 0.3) is 0 Å². The van der Waals surface area contributed by atoms with Crippen LogP contribution in [0.15, 0.2) is 18.2 Å². The maximum Gasteiger partial charge on any atom is 0.122 e. The van der Waals surface area contributed by atoms with E-state index in [1.807, 2.05) is 44.8 Å². The monoisotopic (exact) mass is 283 g/mol. The Hall–Kier alpha value is -0.710. The summed E-state index contributed by atoms with van der Waals surface area (Å²) in [4.78, 5) is 2.13. The molecule has 0 saturated carbocycles. The topological polar surface area (TPSA) is 32.7 Å². The first-order valence-corrected chi connectivity index (χ1v) is 7.98. The lowest BCUT2D eigenvalue weighted by atomic mass is 10.1. The molecule has 1 aromatic carbocycles. The van der Waals surface area contributed by atoms with E-state index in [2.05, 4.69) is 17.2 Å².